The molecule has 0 atom stereocenters. The van der Waals surface area contributed by atoms with E-state index in [0.29, 0.717) is 49.1 Å². The number of thiazole rings is 1. The number of anilines is 2. The largest absolute Gasteiger partial charge is 0.351 e. The molecule has 0 saturated carbocycles. The van der Waals surface area contributed by atoms with Gasteiger partial charge in [-0.1, -0.05) is 23.5 Å². The van der Waals surface area contributed by atoms with Gasteiger partial charge in [0.05, 0.1) is 20.8 Å². The third-order valence-electron chi connectivity index (χ3n) is 6.30. The first-order chi connectivity index (χ1) is 18.7. The third kappa shape index (κ3) is 6.66. The van der Waals surface area contributed by atoms with Gasteiger partial charge in [0.1, 0.15) is 17.2 Å². The Morgan fingerprint density at radius 2 is 1.65 bits per heavy atom. The monoisotopic (exact) mass is 611 g/mol. The Labute approximate surface area is 239 Å². The fourth-order valence-electron chi connectivity index (χ4n) is 4.25. The van der Waals surface area contributed by atoms with Crippen molar-refractivity contribution in [2.75, 3.05) is 48.9 Å². The maximum Gasteiger partial charge on any atom is 0.261 e. The molecule has 0 aliphatic carbocycles. The predicted octanol–water partition coefficient (Wildman–Crippen LogP) is 4.49. The minimum Gasteiger partial charge on any atom is -0.351 e. The molecule has 1 aliphatic rings. The summed E-state index contributed by atoms with van der Waals surface area (Å²) in [7, 11) is -4.02. The second kappa shape index (κ2) is 12.4. The predicted molar refractivity (Wildman–Crippen MR) is 151 cm³/mol. The topological polar surface area (TPSA) is 94.6 Å². The maximum atomic E-state index is 14.0. The molecule has 1 aromatic heterocycles. The number of fused-ring (bicyclic) bond motifs is 1. The molecule has 0 spiro atoms. The van der Waals surface area contributed by atoms with Crippen molar-refractivity contribution >= 4 is 60.7 Å². The van der Waals surface area contributed by atoms with E-state index < -0.39 is 33.4 Å². The molecule has 0 unspecified atom stereocenters. The number of carbonyl (C=O) groups excluding carboxylic acids is 1. The second-order valence-corrected chi connectivity index (χ2v) is 11.6. The average Bonchev–Trinajstić information content (AvgIpc) is 3.34. The van der Waals surface area contributed by atoms with Crippen LogP contribution in [0.1, 0.15) is 10.4 Å². The molecule has 3 aromatic carbocycles. The number of carbonyl (C=O) groups is 1. The molecular formula is C26H25ClF3N5O3S2. The second-order valence-electron chi connectivity index (χ2n) is 8.92. The molecule has 1 saturated heterocycles. The lowest BCUT2D eigenvalue weighted by Gasteiger charge is -2.34. The van der Waals surface area contributed by atoms with E-state index >= 15 is 0 Å². The molecule has 1 fully saturated rings. The standard InChI is InChI=1S/C26H24F3N5O3S2.ClH/c27-17-5-7-19(8-6-17)39(36,37)32-22-4-2-1-3-20(22)25(35)30-9-10-33-11-13-34(14-12-33)26-31-24-21(29)15-18(28)16-23(24)38-26;/h1-8,15-16,32H,9-14H2,(H,30,35);1H. The van der Waals surface area contributed by atoms with E-state index in [4.69, 9.17) is 0 Å². The van der Waals surface area contributed by atoms with Crippen molar-refractivity contribution in [3.63, 3.8) is 0 Å². The molecular weight excluding hydrogens is 587 g/mol. The van der Waals surface area contributed by atoms with Gasteiger partial charge in [0.2, 0.25) is 0 Å². The SMILES string of the molecule is Cl.O=C(NCCN1CCN(c2nc3c(F)cc(F)cc3s2)CC1)c1ccccc1NS(=O)(=O)c1ccc(F)cc1. The summed E-state index contributed by atoms with van der Waals surface area (Å²) in [5, 5.41) is 3.47. The number of aromatic nitrogens is 1. The van der Waals surface area contributed by atoms with E-state index in [1.54, 1.807) is 12.1 Å². The Morgan fingerprint density at radius 3 is 2.38 bits per heavy atom. The Balaban J connectivity index is 0.00000370. The van der Waals surface area contributed by atoms with Gasteiger partial charge in [0.15, 0.2) is 10.9 Å². The normalized spacial score (nSPS) is 14.1. The van der Waals surface area contributed by atoms with Gasteiger partial charge in [-0.3, -0.25) is 14.4 Å². The van der Waals surface area contributed by atoms with E-state index in [-0.39, 0.29) is 34.1 Å². The molecule has 0 radical (unpaired) electrons. The molecule has 212 valence electrons. The van der Waals surface area contributed by atoms with Crippen molar-refractivity contribution in [3.8, 4) is 0 Å². The minimum atomic E-state index is -4.02. The van der Waals surface area contributed by atoms with Crippen LogP contribution in [0.25, 0.3) is 10.2 Å². The smallest absolute Gasteiger partial charge is 0.261 e. The summed E-state index contributed by atoms with van der Waals surface area (Å²) in [6.07, 6.45) is 0. The van der Waals surface area contributed by atoms with E-state index in [9.17, 15) is 26.4 Å². The summed E-state index contributed by atoms with van der Waals surface area (Å²) in [5.74, 6) is -2.30. The summed E-state index contributed by atoms with van der Waals surface area (Å²) in [6.45, 7) is 3.58. The number of sulfonamides is 1. The van der Waals surface area contributed by atoms with Crippen LogP contribution in [0.3, 0.4) is 0 Å². The van der Waals surface area contributed by atoms with Crippen molar-refractivity contribution in [1.82, 2.24) is 15.2 Å². The van der Waals surface area contributed by atoms with Crippen LogP contribution in [-0.2, 0) is 10.0 Å². The number of nitrogens with zero attached hydrogens (tertiary/aromatic N) is 3. The summed E-state index contributed by atoms with van der Waals surface area (Å²) in [6, 6.07) is 12.7. The van der Waals surface area contributed by atoms with Crippen LogP contribution >= 0.6 is 23.7 Å². The zero-order valence-electron chi connectivity index (χ0n) is 20.9. The number of rotatable bonds is 8. The average molecular weight is 612 g/mol. The quantitative estimate of drug-likeness (QED) is 0.305. The lowest BCUT2D eigenvalue weighted by atomic mass is 10.1. The van der Waals surface area contributed by atoms with E-state index in [2.05, 4.69) is 19.9 Å². The lowest BCUT2D eigenvalue weighted by Crippen LogP contribution is -2.48. The molecule has 5 rings (SSSR count). The number of hydrogen-bond acceptors (Lipinski definition) is 7. The fraction of sp³-hybridized carbons (Fsp3) is 0.231. The first kappa shape index (κ1) is 29.6. The Hall–Kier alpha value is -3.39. The van der Waals surface area contributed by atoms with Crippen molar-refractivity contribution in [2.45, 2.75) is 4.90 Å². The molecule has 2 heterocycles. The molecule has 2 N–H and O–H groups in total. The molecule has 8 nitrogen and oxygen atoms in total. The van der Waals surface area contributed by atoms with E-state index in [1.807, 2.05) is 4.90 Å². The summed E-state index contributed by atoms with van der Waals surface area (Å²) in [5.41, 5.74) is 0.439. The Kier molecular flexibility index (Phi) is 9.19. The van der Waals surface area contributed by atoms with Gasteiger partial charge in [-0.25, -0.2) is 26.6 Å². The highest BCUT2D eigenvalue weighted by Crippen LogP contribution is 2.31. The van der Waals surface area contributed by atoms with Gasteiger partial charge in [-0.05, 0) is 42.5 Å². The lowest BCUT2D eigenvalue weighted by molar-refractivity contribution is 0.0948. The fourth-order valence-corrected chi connectivity index (χ4v) is 6.39. The molecule has 4 aromatic rings. The van der Waals surface area contributed by atoms with Crippen LogP contribution in [0.5, 0.6) is 0 Å². The van der Waals surface area contributed by atoms with Gasteiger partial charge >= 0.3 is 0 Å². The number of piperazine rings is 1. The highest BCUT2D eigenvalue weighted by Gasteiger charge is 2.22. The van der Waals surface area contributed by atoms with Crippen LogP contribution < -0.4 is 14.9 Å². The summed E-state index contributed by atoms with van der Waals surface area (Å²) >= 11 is 1.25. The number of amides is 1. The molecule has 1 amide bonds. The summed E-state index contributed by atoms with van der Waals surface area (Å²) in [4.78, 5) is 21.3. The number of hydrogen-bond donors (Lipinski definition) is 2. The van der Waals surface area contributed by atoms with Gasteiger partial charge in [0.25, 0.3) is 15.9 Å². The van der Waals surface area contributed by atoms with Crippen molar-refractivity contribution in [1.29, 1.82) is 0 Å². The molecule has 0 bridgehead atoms. The summed E-state index contributed by atoms with van der Waals surface area (Å²) < 4.78 is 69.0. The van der Waals surface area contributed by atoms with Crippen molar-refractivity contribution in [2.24, 2.45) is 0 Å². The third-order valence-corrected chi connectivity index (χ3v) is 8.74. The maximum absolute atomic E-state index is 14.0. The van der Waals surface area contributed by atoms with Crippen LogP contribution in [-0.4, -0.2) is 63.5 Å². The molecule has 40 heavy (non-hydrogen) atoms. The number of nitrogens with one attached hydrogen (secondary N) is 2. The highest BCUT2D eigenvalue weighted by molar-refractivity contribution is 7.92. The zero-order chi connectivity index (χ0) is 27.6. The first-order valence-electron chi connectivity index (χ1n) is 12.1. The number of benzene rings is 3. The molecule has 1 aliphatic heterocycles. The Morgan fingerprint density at radius 1 is 0.950 bits per heavy atom. The first-order valence-corrected chi connectivity index (χ1v) is 14.4. The van der Waals surface area contributed by atoms with E-state index in [0.717, 1.165) is 30.3 Å². The zero-order valence-corrected chi connectivity index (χ0v) is 23.4. The van der Waals surface area contributed by atoms with Crippen LogP contribution in [0, 0.1) is 17.5 Å². The number of halogens is 4. The van der Waals surface area contributed by atoms with Crippen LogP contribution in [0.2, 0.25) is 0 Å². The van der Waals surface area contributed by atoms with Gasteiger partial charge in [-0.15, -0.1) is 12.4 Å². The number of para-hydroxylation sites is 1. The van der Waals surface area contributed by atoms with E-state index in [1.165, 1.54) is 29.5 Å². The van der Waals surface area contributed by atoms with Gasteiger partial charge in [0, 0.05) is 45.3 Å². The molecule has 14 heteroatoms. The highest BCUT2D eigenvalue weighted by atomic mass is 35.5. The van der Waals surface area contributed by atoms with Gasteiger partial charge in [-0.2, -0.15) is 0 Å². The van der Waals surface area contributed by atoms with Crippen molar-refractivity contribution in [3.05, 3.63) is 83.7 Å². The van der Waals surface area contributed by atoms with Crippen molar-refractivity contribution < 1.29 is 26.4 Å². The minimum absolute atomic E-state index is 0. The Bertz CT molecular complexity index is 1610. The van der Waals surface area contributed by atoms with Gasteiger partial charge < -0.3 is 10.2 Å². The van der Waals surface area contributed by atoms with Crippen LogP contribution in [0.15, 0.2) is 65.6 Å². The van der Waals surface area contributed by atoms with Crippen LogP contribution in [0.4, 0.5) is 24.0 Å².